The molecular weight excluding hydrogens is 186 g/mol. The summed E-state index contributed by atoms with van der Waals surface area (Å²) >= 11 is 0. The molecule has 0 radical (unpaired) electrons. The normalized spacial score (nSPS) is 9.43. The molecule has 0 aliphatic rings. The van der Waals surface area contributed by atoms with Gasteiger partial charge >= 0.3 is 11.9 Å². The Labute approximate surface area is 80.3 Å². The Hall–Kier alpha value is -1.91. The number of carbonyl (C=O) groups is 2. The molecule has 1 heterocycles. The van der Waals surface area contributed by atoms with Gasteiger partial charge in [0.1, 0.15) is 5.75 Å². The molecule has 1 aromatic rings. The molecule has 0 aliphatic carbocycles. The van der Waals surface area contributed by atoms with Crippen LogP contribution in [0.2, 0.25) is 0 Å². The zero-order valence-corrected chi connectivity index (χ0v) is 7.34. The molecule has 0 atom stereocenters. The molecule has 5 nitrogen and oxygen atoms in total. The van der Waals surface area contributed by atoms with E-state index in [0.717, 1.165) is 0 Å². The van der Waals surface area contributed by atoms with Gasteiger partial charge in [0.15, 0.2) is 0 Å². The van der Waals surface area contributed by atoms with E-state index in [2.05, 4.69) is 4.98 Å². The number of hydrogen-bond donors (Lipinski definition) is 1. The molecular formula is C9H9NO4. The van der Waals surface area contributed by atoms with Crippen LogP contribution in [0.1, 0.15) is 12.8 Å². The van der Waals surface area contributed by atoms with E-state index < -0.39 is 11.9 Å². The summed E-state index contributed by atoms with van der Waals surface area (Å²) < 4.78 is 4.82. The highest BCUT2D eigenvalue weighted by Gasteiger charge is 2.07. The third-order valence-corrected chi connectivity index (χ3v) is 1.42. The van der Waals surface area contributed by atoms with Crippen LogP contribution in [-0.4, -0.2) is 22.0 Å². The highest BCUT2D eigenvalue weighted by molar-refractivity contribution is 5.78. The number of hydrogen-bond acceptors (Lipinski definition) is 4. The van der Waals surface area contributed by atoms with Crippen LogP contribution in [0.4, 0.5) is 0 Å². The smallest absolute Gasteiger partial charge is 0.311 e. The Balaban J connectivity index is 2.38. The second-order valence-electron chi connectivity index (χ2n) is 2.55. The van der Waals surface area contributed by atoms with E-state index in [1.807, 2.05) is 0 Å². The van der Waals surface area contributed by atoms with Crippen LogP contribution < -0.4 is 4.74 Å². The van der Waals surface area contributed by atoms with E-state index in [1.165, 1.54) is 24.5 Å². The minimum atomic E-state index is -1.02. The van der Waals surface area contributed by atoms with Crippen LogP contribution in [0.3, 0.4) is 0 Å². The molecule has 74 valence electrons. The summed E-state index contributed by atoms with van der Waals surface area (Å²) in [5, 5.41) is 8.31. The van der Waals surface area contributed by atoms with Crippen LogP contribution >= 0.6 is 0 Å². The maximum absolute atomic E-state index is 11.0. The lowest BCUT2D eigenvalue weighted by molar-refractivity contribution is -0.142. The number of rotatable bonds is 4. The summed E-state index contributed by atoms with van der Waals surface area (Å²) in [6, 6.07) is 3.05. The van der Waals surface area contributed by atoms with Crippen molar-refractivity contribution in [3.63, 3.8) is 0 Å². The van der Waals surface area contributed by atoms with Gasteiger partial charge in [-0.15, -0.1) is 0 Å². The fourth-order valence-corrected chi connectivity index (χ4v) is 0.798. The van der Waals surface area contributed by atoms with Crippen molar-refractivity contribution >= 4 is 11.9 Å². The summed E-state index contributed by atoms with van der Waals surface area (Å²) in [5.74, 6) is -1.20. The lowest BCUT2D eigenvalue weighted by atomic mass is 10.3. The number of carboxylic acid groups (broad SMARTS) is 1. The Morgan fingerprint density at radius 2 is 1.93 bits per heavy atom. The second kappa shape index (κ2) is 4.96. The van der Waals surface area contributed by atoms with E-state index in [-0.39, 0.29) is 12.8 Å². The van der Waals surface area contributed by atoms with Crippen LogP contribution in [0, 0.1) is 0 Å². The standard InChI is InChI=1S/C9H9NO4/c11-8(12)1-2-9(13)14-7-3-5-10-6-4-7/h3-6H,1-2H2,(H,11,12). The monoisotopic (exact) mass is 195 g/mol. The first-order chi connectivity index (χ1) is 6.68. The molecule has 0 spiro atoms. The third kappa shape index (κ3) is 3.66. The lowest BCUT2D eigenvalue weighted by Crippen LogP contribution is -2.10. The fourth-order valence-electron chi connectivity index (χ4n) is 0.798. The van der Waals surface area contributed by atoms with Gasteiger partial charge in [-0.25, -0.2) is 0 Å². The van der Waals surface area contributed by atoms with E-state index in [0.29, 0.717) is 5.75 Å². The van der Waals surface area contributed by atoms with Crippen molar-refractivity contribution in [2.75, 3.05) is 0 Å². The summed E-state index contributed by atoms with van der Waals surface area (Å²) in [7, 11) is 0. The van der Waals surface area contributed by atoms with Crippen molar-refractivity contribution in [1.82, 2.24) is 4.98 Å². The summed E-state index contributed by atoms with van der Waals surface area (Å²) in [5.41, 5.74) is 0. The van der Waals surface area contributed by atoms with Crippen LogP contribution in [-0.2, 0) is 9.59 Å². The number of esters is 1. The van der Waals surface area contributed by atoms with Gasteiger partial charge in [-0.2, -0.15) is 0 Å². The van der Waals surface area contributed by atoms with Gasteiger partial charge in [0, 0.05) is 12.4 Å². The molecule has 0 amide bonds. The predicted octanol–water partition coefficient (Wildman–Crippen LogP) is 0.852. The summed E-state index contributed by atoms with van der Waals surface area (Å²) in [4.78, 5) is 24.9. The quantitative estimate of drug-likeness (QED) is 0.721. The number of ether oxygens (including phenoxy) is 1. The first-order valence-corrected chi connectivity index (χ1v) is 4.01. The molecule has 0 unspecified atom stereocenters. The second-order valence-corrected chi connectivity index (χ2v) is 2.55. The van der Waals surface area contributed by atoms with Gasteiger partial charge in [-0.3, -0.25) is 14.6 Å². The van der Waals surface area contributed by atoms with Crippen molar-refractivity contribution in [2.24, 2.45) is 0 Å². The number of carboxylic acids is 1. The first kappa shape index (κ1) is 10.2. The molecule has 0 aliphatic heterocycles. The molecule has 14 heavy (non-hydrogen) atoms. The van der Waals surface area contributed by atoms with Crippen molar-refractivity contribution in [3.05, 3.63) is 24.5 Å². The van der Waals surface area contributed by atoms with E-state index >= 15 is 0 Å². The topological polar surface area (TPSA) is 76.5 Å². The highest BCUT2D eigenvalue weighted by atomic mass is 16.5. The number of nitrogens with zero attached hydrogens (tertiary/aromatic N) is 1. The fraction of sp³-hybridized carbons (Fsp3) is 0.222. The summed E-state index contributed by atoms with van der Waals surface area (Å²) in [6.07, 6.45) is 2.63. The summed E-state index contributed by atoms with van der Waals surface area (Å²) in [6.45, 7) is 0. The van der Waals surface area contributed by atoms with Gasteiger partial charge in [0.25, 0.3) is 0 Å². The van der Waals surface area contributed by atoms with Gasteiger partial charge in [0.2, 0.25) is 0 Å². The Kier molecular flexibility index (Phi) is 3.60. The Bertz CT molecular complexity index is 323. The lowest BCUT2D eigenvalue weighted by Gasteiger charge is -2.01. The number of aliphatic carboxylic acids is 1. The molecule has 0 bridgehead atoms. The van der Waals surface area contributed by atoms with Crippen molar-refractivity contribution in [2.45, 2.75) is 12.8 Å². The largest absolute Gasteiger partial charge is 0.481 e. The van der Waals surface area contributed by atoms with Crippen LogP contribution in [0.15, 0.2) is 24.5 Å². The van der Waals surface area contributed by atoms with Crippen molar-refractivity contribution in [1.29, 1.82) is 0 Å². The third-order valence-electron chi connectivity index (χ3n) is 1.42. The van der Waals surface area contributed by atoms with Crippen molar-refractivity contribution in [3.8, 4) is 5.75 Å². The maximum atomic E-state index is 11.0. The minimum absolute atomic E-state index is 0.127. The van der Waals surface area contributed by atoms with Gasteiger partial charge in [0.05, 0.1) is 12.8 Å². The van der Waals surface area contributed by atoms with Crippen molar-refractivity contribution < 1.29 is 19.4 Å². The molecule has 0 aromatic carbocycles. The Morgan fingerprint density at radius 1 is 1.29 bits per heavy atom. The molecule has 0 fully saturated rings. The van der Waals surface area contributed by atoms with Gasteiger partial charge < -0.3 is 9.84 Å². The molecule has 5 heteroatoms. The number of aromatic nitrogens is 1. The Morgan fingerprint density at radius 3 is 2.50 bits per heavy atom. The van der Waals surface area contributed by atoms with E-state index in [1.54, 1.807) is 0 Å². The average molecular weight is 195 g/mol. The number of carbonyl (C=O) groups excluding carboxylic acids is 1. The van der Waals surface area contributed by atoms with E-state index in [4.69, 9.17) is 9.84 Å². The predicted molar refractivity (Wildman–Crippen MR) is 46.7 cm³/mol. The molecule has 1 N–H and O–H groups in total. The average Bonchev–Trinajstić information content (AvgIpc) is 2.16. The highest BCUT2D eigenvalue weighted by Crippen LogP contribution is 2.08. The minimum Gasteiger partial charge on any atom is -0.481 e. The maximum Gasteiger partial charge on any atom is 0.311 e. The molecule has 1 rings (SSSR count). The van der Waals surface area contributed by atoms with Crippen LogP contribution in [0.5, 0.6) is 5.75 Å². The first-order valence-electron chi connectivity index (χ1n) is 4.01. The number of pyridine rings is 1. The van der Waals surface area contributed by atoms with Gasteiger partial charge in [-0.1, -0.05) is 0 Å². The molecule has 1 aromatic heterocycles. The van der Waals surface area contributed by atoms with Gasteiger partial charge in [-0.05, 0) is 12.1 Å². The zero-order valence-electron chi connectivity index (χ0n) is 7.34. The molecule has 0 saturated carbocycles. The molecule has 0 saturated heterocycles. The van der Waals surface area contributed by atoms with E-state index in [9.17, 15) is 9.59 Å². The van der Waals surface area contributed by atoms with Crippen LogP contribution in [0.25, 0.3) is 0 Å². The zero-order chi connectivity index (χ0) is 10.4. The SMILES string of the molecule is O=C(O)CCC(=O)Oc1ccncc1.